The van der Waals surface area contributed by atoms with Crippen molar-refractivity contribution in [2.75, 3.05) is 39.3 Å². The summed E-state index contributed by atoms with van der Waals surface area (Å²) in [5, 5.41) is 14.0. The van der Waals surface area contributed by atoms with Crippen LogP contribution in [0.25, 0.3) is 21.9 Å². The van der Waals surface area contributed by atoms with Gasteiger partial charge in [-0.1, -0.05) is 24.8 Å². The number of phenols is 1. The molecule has 174 valence electrons. The zero-order valence-electron chi connectivity index (χ0n) is 19.1. The molecule has 3 aromatic rings. The van der Waals surface area contributed by atoms with Gasteiger partial charge >= 0.3 is 0 Å². The molecule has 33 heavy (non-hydrogen) atoms. The molecule has 0 spiro atoms. The number of rotatable bonds is 8. The van der Waals surface area contributed by atoms with E-state index in [0.717, 1.165) is 32.7 Å². The van der Waals surface area contributed by atoms with Gasteiger partial charge in [0.2, 0.25) is 11.2 Å². The molecule has 0 amide bonds. The maximum absolute atomic E-state index is 13.1. The van der Waals surface area contributed by atoms with Crippen molar-refractivity contribution in [2.45, 2.75) is 19.4 Å². The molecule has 4 rings (SSSR count). The minimum absolute atomic E-state index is 0.116. The summed E-state index contributed by atoms with van der Waals surface area (Å²) in [6.07, 6.45) is 5.73. The van der Waals surface area contributed by atoms with E-state index in [4.69, 9.17) is 13.9 Å². The van der Waals surface area contributed by atoms with Crippen LogP contribution in [0, 0.1) is 0 Å². The number of phenolic OH excluding ortho intramolecular Hbond substituents is 1. The fraction of sp³-hybridized carbons (Fsp3) is 0.346. The van der Waals surface area contributed by atoms with Crippen molar-refractivity contribution in [3.05, 3.63) is 65.4 Å². The van der Waals surface area contributed by atoms with Crippen molar-refractivity contribution in [1.29, 1.82) is 0 Å². The maximum Gasteiger partial charge on any atom is 0.205 e. The Hall–Kier alpha value is -3.29. The SMILES string of the molecule is C=CC(C)(C)Oc1ccc2c(=O)c3c(O)cccc3oc2c1OC/C=C/CN1CCNCC1. The summed E-state index contributed by atoms with van der Waals surface area (Å²) in [4.78, 5) is 15.5. The summed E-state index contributed by atoms with van der Waals surface area (Å²) >= 11 is 0. The molecule has 1 aliphatic rings. The van der Waals surface area contributed by atoms with Crippen LogP contribution in [0.15, 0.2) is 64.4 Å². The Morgan fingerprint density at radius 1 is 1.21 bits per heavy atom. The van der Waals surface area contributed by atoms with Gasteiger partial charge in [0, 0.05) is 32.7 Å². The van der Waals surface area contributed by atoms with E-state index >= 15 is 0 Å². The lowest BCUT2D eigenvalue weighted by molar-refractivity contribution is 0.154. The fourth-order valence-corrected chi connectivity index (χ4v) is 3.76. The summed E-state index contributed by atoms with van der Waals surface area (Å²) < 4.78 is 18.3. The van der Waals surface area contributed by atoms with Gasteiger partial charge in [-0.15, -0.1) is 0 Å². The molecule has 0 atom stereocenters. The Kier molecular flexibility index (Phi) is 6.72. The van der Waals surface area contributed by atoms with Crippen molar-refractivity contribution in [1.82, 2.24) is 10.2 Å². The summed E-state index contributed by atoms with van der Waals surface area (Å²) in [5.41, 5.74) is -0.407. The first-order valence-corrected chi connectivity index (χ1v) is 11.1. The molecule has 0 saturated carbocycles. The van der Waals surface area contributed by atoms with Crippen molar-refractivity contribution in [3.63, 3.8) is 0 Å². The molecule has 2 aromatic carbocycles. The van der Waals surface area contributed by atoms with E-state index in [0.29, 0.717) is 16.9 Å². The minimum atomic E-state index is -0.653. The molecule has 1 saturated heterocycles. The lowest BCUT2D eigenvalue weighted by Crippen LogP contribution is -2.43. The van der Waals surface area contributed by atoms with E-state index < -0.39 is 5.60 Å². The van der Waals surface area contributed by atoms with E-state index in [-0.39, 0.29) is 34.3 Å². The standard InChI is InChI=1S/C26H30N2O5/c1-4-26(2,3)33-21-11-10-18-23(30)22-19(29)8-7-9-20(22)32-24(18)25(21)31-17-6-5-14-28-15-12-27-13-16-28/h4-11,27,29H,1,12-17H2,2-3H3/b6-5+. The van der Waals surface area contributed by atoms with Crippen molar-refractivity contribution >= 4 is 21.9 Å². The maximum atomic E-state index is 13.1. The normalized spacial score (nSPS) is 15.3. The van der Waals surface area contributed by atoms with Crippen LogP contribution in [-0.2, 0) is 0 Å². The largest absolute Gasteiger partial charge is 0.507 e. The highest BCUT2D eigenvalue weighted by Gasteiger charge is 2.22. The van der Waals surface area contributed by atoms with Crippen LogP contribution in [0.5, 0.6) is 17.2 Å². The molecular weight excluding hydrogens is 420 g/mol. The average molecular weight is 451 g/mol. The summed E-state index contributed by atoms with van der Waals surface area (Å²) in [5.74, 6) is 0.678. The van der Waals surface area contributed by atoms with Gasteiger partial charge in [0.25, 0.3) is 0 Å². The third-order valence-corrected chi connectivity index (χ3v) is 5.69. The lowest BCUT2D eigenvalue weighted by atomic mass is 10.1. The van der Waals surface area contributed by atoms with Crippen molar-refractivity contribution < 1.29 is 19.0 Å². The fourth-order valence-electron chi connectivity index (χ4n) is 3.76. The van der Waals surface area contributed by atoms with Crippen molar-refractivity contribution in [2.24, 2.45) is 0 Å². The van der Waals surface area contributed by atoms with Gasteiger partial charge in [-0.25, -0.2) is 0 Å². The average Bonchev–Trinajstić information content (AvgIpc) is 2.80. The van der Waals surface area contributed by atoms with Gasteiger partial charge in [0.1, 0.15) is 28.9 Å². The third kappa shape index (κ3) is 5.05. The van der Waals surface area contributed by atoms with E-state index in [9.17, 15) is 9.90 Å². The number of piperazine rings is 1. The Bertz CT molecular complexity index is 1240. The summed E-state index contributed by atoms with van der Waals surface area (Å²) in [6, 6.07) is 8.07. The number of nitrogens with one attached hydrogen (secondary N) is 1. The molecule has 2 heterocycles. The van der Waals surface area contributed by atoms with Crippen LogP contribution in [-0.4, -0.2) is 54.9 Å². The predicted molar refractivity (Wildman–Crippen MR) is 131 cm³/mol. The van der Waals surface area contributed by atoms with Gasteiger partial charge in [0.15, 0.2) is 11.3 Å². The van der Waals surface area contributed by atoms with Crippen LogP contribution in [0.3, 0.4) is 0 Å². The molecular formula is C26H30N2O5. The monoisotopic (exact) mass is 450 g/mol. The molecule has 1 aromatic heterocycles. The van der Waals surface area contributed by atoms with Crippen LogP contribution in [0.1, 0.15) is 13.8 Å². The highest BCUT2D eigenvalue weighted by molar-refractivity contribution is 5.96. The summed E-state index contributed by atoms with van der Waals surface area (Å²) in [7, 11) is 0. The first-order valence-electron chi connectivity index (χ1n) is 11.1. The summed E-state index contributed by atoms with van der Waals surface area (Å²) in [6.45, 7) is 12.8. The van der Waals surface area contributed by atoms with E-state index in [2.05, 4.69) is 22.9 Å². The first-order chi connectivity index (χ1) is 15.9. The third-order valence-electron chi connectivity index (χ3n) is 5.69. The number of hydrogen-bond acceptors (Lipinski definition) is 7. The van der Waals surface area contributed by atoms with Gasteiger partial charge in [-0.3, -0.25) is 9.69 Å². The number of aromatic hydroxyl groups is 1. The minimum Gasteiger partial charge on any atom is -0.507 e. The lowest BCUT2D eigenvalue weighted by Gasteiger charge is -2.25. The van der Waals surface area contributed by atoms with Crippen LogP contribution >= 0.6 is 0 Å². The number of hydrogen-bond donors (Lipinski definition) is 2. The Balaban J connectivity index is 1.69. The number of ether oxygens (including phenoxy) is 2. The van der Waals surface area contributed by atoms with Gasteiger partial charge < -0.3 is 24.3 Å². The smallest absolute Gasteiger partial charge is 0.205 e. The molecule has 0 bridgehead atoms. The number of nitrogens with zero attached hydrogens (tertiary/aromatic N) is 1. The number of benzene rings is 2. The highest BCUT2D eigenvalue weighted by Crippen LogP contribution is 2.39. The quantitative estimate of drug-likeness (QED) is 0.399. The topological polar surface area (TPSA) is 84.2 Å². The number of fused-ring (bicyclic) bond motifs is 2. The van der Waals surface area contributed by atoms with E-state index in [1.807, 2.05) is 19.9 Å². The molecule has 7 heteroatoms. The highest BCUT2D eigenvalue weighted by atomic mass is 16.5. The predicted octanol–water partition coefficient (Wildman–Crippen LogP) is 3.84. The molecule has 1 aliphatic heterocycles. The second kappa shape index (κ2) is 9.68. The van der Waals surface area contributed by atoms with Crippen LogP contribution in [0.4, 0.5) is 0 Å². The molecule has 0 aliphatic carbocycles. The van der Waals surface area contributed by atoms with Gasteiger partial charge in [-0.2, -0.15) is 0 Å². The molecule has 2 N–H and O–H groups in total. The zero-order chi connectivity index (χ0) is 23.4. The molecule has 1 fully saturated rings. The first kappa shape index (κ1) is 22.9. The second-order valence-electron chi connectivity index (χ2n) is 8.59. The molecule has 7 nitrogen and oxygen atoms in total. The van der Waals surface area contributed by atoms with E-state index in [1.54, 1.807) is 30.3 Å². The Labute approximate surface area is 192 Å². The zero-order valence-corrected chi connectivity index (χ0v) is 19.1. The van der Waals surface area contributed by atoms with Gasteiger partial charge in [-0.05, 0) is 44.2 Å². The van der Waals surface area contributed by atoms with Gasteiger partial charge in [0.05, 0.1) is 5.39 Å². The van der Waals surface area contributed by atoms with Crippen LogP contribution in [0.2, 0.25) is 0 Å². The molecule has 0 unspecified atom stereocenters. The van der Waals surface area contributed by atoms with Crippen molar-refractivity contribution in [3.8, 4) is 17.2 Å². The van der Waals surface area contributed by atoms with Crippen LogP contribution < -0.4 is 20.2 Å². The van der Waals surface area contributed by atoms with E-state index in [1.165, 1.54) is 6.07 Å². The Morgan fingerprint density at radius 2 is 2.00 bits per heavy atom. The second-order valence-corrected chi connectivity index (χ2v) is 8.59. The Morgan fingerprint density at radius 3 is 2.76 bits per heavy atom. The molecule has 0 radical (unpaired) electrons.